The average molecular weight is 702 g/mol. The van der Waals surface area contributed by atoms with E-state index >= 15 is 4.39 Å². The first-order chi connectivity index (χ1) is 24.1. The number of nitrogens with zero attached hydrogens (tertiary/aromatic N) is 3. The molecule has 2 aromatic carbocycles. The van der Waals surface area contributed by atoms with Gasteiger partial charge in [0.1, 0.15) is 28.8 Å². The van der Waals surface area contributed by atoms with Crippen molar-refractivity contribution >= 4 is 17.4 Å². The number of hydrogen-bond acceptors (Lipinski definition) is 6. The molecule has 1 aliphatic rings. The fourth-order valence-electron chi connectivity index (χ4n) is 6.69. The molecule has 2 unspecified atom stereocenters. The molecular formula is C41H49F2N3O5. The molecule has 3 heterocycles. The molecule has 0 radical (unpaired) electrons. The smallest absolute Gasteiger partial charge is 0.337 e. The molecule has 5 rings (SSSR count). The van der Waals surface area contributed by atoms with Gasteiger partial charge in [0.25, 0.3) is 0 Å². The Morgan fingerprint density at radius 2 is 1.76 bits per heavy atom. The number of aliphatic carboxylic acids is 1. The Labute approximate surface area is 299 Å². The van der Waals surface area contributed by atoms with E-state index in [-0.39, 0.29) is 23.0 Å². The van der Waals surface area contributed by atoms with Gasteiger partial charge in [-0.3, -0.25) is 4.40 Å². The van der Waals surface area contributed by atoms with E-state index in [0.29, 0.717) is 60.0 Å². The van der Waals surface area contributed by atoms with Crippen molar-refractivity contribution in [1.29, 1.82) is 0 Å². The van der Waals surface area contributed by atoms with Crippen molar-refractivity contribution in [1.82, 2.24) is 9.38 Å². The Balaban J connectivity index is 1.68. The number of carboxylic acid groups (broad SMARTS) is 1. The molecule has 2 aromatic heterocycles. The highest BCUT2D eigenvalue weighted by Crippen LogP contribution is 2.42. The number of pyridine rings is 1. The van der Waals surface area contributed by atoms with Crippen LogP contribution in [0.2, 0.25) is 0 Å². The minimum absolute atomic E-state index is 0.0973. The summed E-state index contributed by atoms with van der Waals surface area (Å²) in [5.41, 5.74) is 3.67. The second kappa shape index (κ2) is 15.0. The van der Waals surface area contributed by atoms with E-state index in [1.165, 1.54) is 6.07 Å². The average Bonchev–Trinajstić information content (AvgIpc) is 3.50. The number of ether oxygens (including phenoxy) is 3. The number of carboxylic acids is 1. The second-order valence-electron chi connectivity index (χ2n) is 14.6. The zero-order valence-corrected chi connectivity index (χ0v) is 30.7. The van der Waals surface area contributed by atoms with Crippen LogP contribution in [0.4, 0.5) is 14.6 Å². The molecule has 0 bridgehead atoms. The summed E-state index contributed by atoms with van der Waals surface area (Å²) in [5.74, 6) is -1.77. The van der Waals surface area contributed by atoms with Crippen LogP contribution in [-0.4, -0.2) is 57.5 Å². The normalized spacial score (nSPS) is 15.8. The summed E-state index contributed by atoms with van der Waals surface area (Å²) in [6.07, 6.45) is 5.68. The molecule has 1 N–H and O–H groups in total. The van der Waals surface area contributed by atoms with Crippen molar-refractivity contribution in [2.24, 2.45) is 0 Å². The standard InChI is InChI=1S/C41H49F2N3O5/c1-10-13-25(3)50-33-23-30(42)22-31(43)35(33)29-15-12-14-28(21-29)32-24-46-37(44-32)27(5)26(4)34(36(39(47)48)51-40(6,7)8)38(46)45-18-16-41(9,17-19-45)49-20-11-2/h10-12,14-15,21-25,36H,1-2,13,16-20H2,3-9H3,(H,47,48). The third kappa shape index (κ3) is 8.18. The predicted molar refractivity (Wildman–Crippen MR) is 198 cm³/mol. The van der Waals surface area contributed by atoms with Gasteiger partial charge in [0.05, 0.1) is 35.2 Å². The van der Waals surface area contributed by atoms with Gasteiger partial charge in [-0.15, -0.1) is 13.2 Å². The van der Waals surface area contributed by atoms with Crippen molar-refractivity contribution in [3.63, 3.8) is 0 Å². The molecule has 1 fully saturated rings. The molecule has 0 amide bonds. The summed E-state index contributed by atoms with van der Waals surface area (Å²) in [5, 5.41) is 10.6. The second-order valence-corrected chi connectivity index (χ2v) is 14.6. The number of aromatic nitrogens is 2. The zero-order chi connectivity index (χ0) is 37.2. The van der Waals surface area contributed by atoms with Crippen LogP contribution in [0.3, 0.4) is 0 Å². The summed E-state index contributed by atoms with van der Waals surface area (Å²) in [6, 6.07) is 9.27. The van der Waals surface area contributed by atoms with Gasteiger partial charge in [-0.05, 0) is 84.1 Å². The first kappa shape index (κ1) is 37.7. The number of piperidine rings is 1. The third-order valence-electron chi connectivity index (χ3n) is 9.40. The SMILES string of the molecule is C=CCOC1(C)CCN(c2c(C(OC(C)(C)C)C(=O)O)c(C)c(C)c3nc(-c4cccc(-c5c(F)cc(F)cc5OC(C)CC=C)c4)cn23)CC1. The van der Waals surface area contributed by atoms with Gasteiger partial charge in [0.15, 0.2) is 6.10 Å². The van der Waals surface area contributed by atoms with Crippen molar-refractivity contribution in [3.05, 3.63) is 96.2 Å². The Morgan fingerprint density at radius 3 is 2.39 bits per heavy atom. The van der Waals surface area contributed by atoms with Gasteiger partial charge in [-0.1, -0.05) is 30.4 Å². The van der Waals surface area contributed by atoms with E-state index < -0.39 is 29.3 Å². The van der Waals surface area contributed by atoms with Gasteiger partial charge in [0.2, 0.25) is 0 Å². The maximum Gasteiger partial charge on any atom is 0.337 e. The summed E-state index contributed by atoms with van der Waals surface area (Å²) in [7, 11) is 0. The summed E-state index contributed by atoms with van der Waals surface area (Å²) >= 11 is 0. The van der Waals surface area contributed by atoms with Crippen molar-refractivity contribution in [2.75, 3.05) is 24.6 Å². The number of carbonyl (C=O) groups is 1. The zero-order valence-electron chi connectivity index (χ0n) is 30.7. The van der Waals surface area contributed by atoms with E-state index in [0.717, 1.165) is 30.0 Å². The number of hydrogen-bond donors (Lipinski definition) is 1. The molecule has 272 valence electrons. The van der Waals surface area contributed by atoms with Crippen LogP contribution in [0.15, 0.2) is 67.9 Å². The first-order valence-corrected chi connectivity index (χ1v) is 17.4. The molecule has 51 heavy (non-hydrogen) atoms. The number of fused-ring (bicyclic) bond motifs is 1. The molecule has 1 aliphatic heterocycles. The quantitative estimate of drug-likeness (QED) is 0.139. The summed E-state index contributed by atoms with van der Waals surface area (Å²) < 4.78 is 50.2. The van der Waals surface area contributed by atoms with E-state index in [1.807, 2.05) is 58.2 Å². The maximum absolute atomic E-state index is 15.5. The van der Waals surface area contributed by atoms with Crippen LogP contribution in [0.25, 0.3) is 28.0 Å². The van der Waals surface area contributed by atoms with Crippen LogP contribution < -0.4 is 9.64 Å². The van der Waals surface area contributed by atoms with Crippen molar-refractivity contribution < 1.29 is 32.9 Å². The lowest BCUT2D eigenvalue weighted by Crippen LogP contribution is -2.45. The Hall–Kier alpha value is -4.54. The molecule has 8 nitrogen and oxygen atoms in total. The Kier molecular flexibility index (Phi) is 11.1. The van der Waals surface area contributed by atoms with Gasteiger partial charge < -0.3 is 24.2 Å². The lowest BCUT2D eigenvalue weighted by Gasteiger charge is -2.41. The number of rotatable bonds is 13. The Bertz CT molecular complexity index is 1940. The molecule has 2 atom stereocenters. The fourth-order valence-corrected chi connectivity index (χ4v) is 6.69. The van der Waals surface area contributed by atoms with Gasteiger partial charge in [0, 0.05) is 49.0 Å². The number of imidazole rings is 1. The minimum Gasteiger partial charge on any atom is -0.490 e. The summed E-state index contributed by atoms with van der Waals surface area (Å²) in [6.45, 7) is 22.5. The van der Waals surface area contributed by atoms with Crippen LogP contribution in [0.1, 0.15) is 76.7 Å². The largest absolute Gasteiger partial charge is 0.490 e. The molecule has 0 spiro atoms. The van der Waals surface area contributed by atoms with Crippen molar-refractivity contribution in [2.45, 2.75) is 91.1 Å². The number of aryl methyl sites for hydroxylation is 1. The molecular weight excluding hydrogens is 652 g/mol. The van der Waals surface area contributed by atoms with Crippen LogP contribution in [0, 0.1) is 25.5 Å². The Morgan fingerprint density at radius 1 is 1.08 bits per heavy atom. The monoisotopic (exact) mass is 701 g/mol. The molecule has 4 aromatic rings. The van der Waals surface area contributed by atoms with Gasteiger partial charge >= 0.3 is 5.97 Å². The summed E-state index contributed by atoms with van der Waals surface area (Å²) in [4.78, 5) is 20.2. The predicted octanol–water partition coefficient (Wildman–Crippen LogP) is 9.41. The minimum atomic E-state index is -1.24. The maximum atomic E-state index is 15.5. The van der Waals surface area contributed by atoms with Crippen LogP contribution >= 0.6 is 0 Å². The number of halogens is 2. The molecule has 0 aliphatic carbocycles. The van der Waals surface area contributed by atoms with Gasteiger partial charge in [-0.2, -0.15) is 0 Å². The number of anilines is 1. The third-order valence-corrected chi connectivity index (χ3v) is 9.40. The molecule has 10 heteroatoms. The van der Waals surface area contributed by atoms with Crippen molar-refractivity contribution in [3.8, 4) is 28.1 Å². The van der Waals surface area contributed by atoms with E-state index in [4.69, 9.17) is 19.2 Å². The highest BCUT2D eigenvalue weighted by Gasteiger charge is 2.37. The lowest BCUT2D eigenvalue weighted by molar-refractivity contribution is -0.160. The molecule has 0 saturated carbocycles. The van der Waals surface area contributed by atoms with E-state index in [9.17, 15) is 14.3 Å². The van der Waals surface area contributed by atoms with Gasteiger partial charge in [-0.25, -0.2) is 18.6 Å². The topological polar surface area (TPSA) is 85.5 Å². The number of benzene rings is 2. The molecule has 1 saturated heterocycles. The lowest BCUT2D eigenvalue weighted by atomic mass is 9.92. The fraction of sp³-hybridized carbons (Fsp3) is 0.415. The van der Waals surface area contributed by atoms with Crippen LogP contribution in [0.5, 0.6) is 5.75 Å². The highest BCUT2D eigenvalue weighted by atomic mass is 19.1. The highest BCUT2D eigenvalue weighted by molar-refractivity contribution is 5.82. The van der Waals surface area contributed by atoms with E-state index in [1.54, 1.807) is 30.4 Å². The van der Waals surface area contributed by atoms with E-state index in [2.05, 4.69) is 25.0 Å². The van der Waals surface area contributed by atoms with Crippen LogP contribution in [-0.2, 0) is 14.3 Å². The first-order valence-electron chi connectivity index (χ1n) is 17.4.